The fourth-order valence-electron chi connectivity index (χ4n) is 1.90. The van der Waals surface area contributed by atoms with Gasteiger partial charge >= 0.3 is 0 Å². The molecule has 0 aliphatic heterocycles. The quantitative estimate of drug-likeness (QED) is 0.683. The first-order valence-electron chi connectivity index (χ1n) is 5.47. The highest BCUT2D eigenvalue weighted by Crippen LogP contribution is 2.18. The van der Waals surface area contributed by atoms with Crippen molar-refractivity contribution in [3.05, 3.63) is 35.9 Å². The second kappa shape index (κ2) is 4.75. The Bertz CT molecular complexity index is 296. The van der Waals surface area contributed by atoms with Gasteiger partial charge in [-0.25, -0.2) is 0 Å². The Balaban J connectivity index is 1.75. The Morgan fingerprint density at radius 3 is 2.60 bits per heavy atom. The fraction of sp³-hybridized carbons (Fsp3) is 0.500. The fourth-order valence-corrected chi connectivity index (χ4v) is 1.90. The number of hydrogen-bond acceptors (Lipinski definition) is 3. The van der Waals surface area contributed by atoms with Crippen molar-refractivity contribution in [2.45, 2.75) is 31.0 Å². The van der Waals surface area contributed by atoms with Crippen molar-refractivity contribution < 1.29 is 5.11 Å². The summed E-state index contributed by atoms with van der Waals surface area (Å²) in [4.78, 5) is 0. The third-order valence-electron chi connectivity index (χ3n) is 2.96. The van der Waals surface area contributed by atoms with Gasteiger partial charge in [-0.05, 0) is 18.4 Å². The summed E-state index contributed by atoms with van der Waals surface area (Å²) >= 11 is 0. The van der Waals surface area contributed by atoms with Gasteiger partial charge < -0.3 is 16.2 Å². The molecule has 1 fully saturated rings. The van der Waals surface area contributed by atoms with Crippen LogP contribution in [0.25, 0.3) is 0 Å². The van der Waals surface area contributed by atoms with Gasteiger partial charge in [0.15, 0.2) is 0 Å². The van der Waals surface area contributed by atoms with Gasteiger partial charge in [0.2, 0.25) is 0 Å². The molecule has 0 radical (unpaired) electrons. The van der Waals surface area contributed by atoms with Crippen molar-refractivity contribution >= 4 is 0 Å². The molecule has 1 saturated carbocycles. The van der Waals surface area contributed by atoms with Gasteiger partial charge in [0.25, 0.3) is 0 Å². The molecule has 0 saturated heterocycles. The predicted molar refractivity (Wildman–Crippen MR) is 60.4 cm³/mol. The van der Waals surface area contributed by atoms with Crippen LogP contribution in [0.1, 0.15) is 24.5 Å². The Kier molecular flexibility index (Phi) is 3.36. The molecule has 0 heterocycles. The number of hydrogen-bond donors (Lipinski definition) is 3. The molecule has 1 aromatic carbocycles. The molecule has 0 amide bonds. The van der Waals surface area contributed by atoms with Crippen LogP contribution in [0.2, 0.25) is 0 Å². The van der Waals surface area contributed by atoms with Gasteiger partial charge in [0.05, 0.1) is 6.10 Å². The van der Waals surface area contributed by atoms with E-state index in [1.54, 1.807) is 0 Å². The van der Waals surface area contributed by atoms with Crippen molar-refractivity contribution in [2.75, 3.05) is 6.54 Å². The molecule has 1 atom stereocenters. The Morgan fingerprint density at radius 1 is 1.33 bits per heavy atom. The van der Waals surface area contributed by atoms with Gasteiger partial charge in [0.1, 0.15) is 0 Å². The highest BCUT2D eigenvalue weighted by molar-refractivity contribution is 5.17. The van der Waals surface area contributed by atoms with E-state index in [1.807, 2.05) is 30.3 Å². The van der Waals surface area contributed by atoms with Crippen LogP contribution in [-0.4, -0.2) is 23.7 Å². The lowest BCUT2D eigenvalue weighted by molar-refractivity contribution is 0.157. The van der Waals surface area contributed by atoms with Crippen LogP contribution >= 0.6 is 0 Å². The molecule has 1 unspecified atom stereocenters. The standard InChI is InChI=1S/C12H18N2O/c13-10-6-11(7-10)14-8-12(15)9-4-2-1-3-5-9/h1-5,10-12,14-15H,6-8,13H2. The maximum atomic E-state index is 9.86. The number of aliphatic hydroxyl groups excluding tert-OH is 1. The topological polar surface area (TPSA) is 58.3 Å². The van der Waals surface area contributed by atoms with Crippen LogP contribution in [-0.2, 0) is 0 Å². The molecule has 2 rings (SSSR count). The van der Waals surface area contributed by atoms with Crippen LogP contribution < -0.4 is 11.1 Å². The molecular formula is C12H18N2O. The summed E-state index contributed by atoms with van der Waals surface area (Å²) in [5.41, 5.74) is 6.65. The van der Waals surface area contributed by atoms with Gasteiger partial charge in [-0.3, -0.25) is 0 Å². The van der Waals surface area contributed by atoms with Crippen molar-refractivity contribution in [1.82, 2.24) is 5.32 Å². The third-order valence-corrected chi connectivity index (χ3v) is 2.96. The predicted octanol–water partition coefficient (Wildman–Crippen LogP) is 0.799. The molecule has 0 bridgehead atoms. The zero-order valence-electron chi connectivity index (χ0n) is 8.76. The summed E-state index contributed by atoms with van der Waals surface area (Å²) in [7, 11) is 0. The van der Waals surface area contributed by atoms with E-state index in [4.69, 9.17) is 5.73 Å². The SMILES string of the molecule is NC1CC(NCC(O)c2ccccc2)C1. The van der Waals surface area contributed by atoms with E-state index in [0.717, 1.165) is 18.4 Å². The number of aliphatic hydroxyl groups is 1. The van der Waals surface area contributed by atoms with E-state index in [-0.39, 0.29) is 0 Å². The maximum absolute atomic E-state index is 9.86. The second-order valence-electron chi connectivity index (χ2n) is 4.26. The summed E-state index contributed by atoms with van der Waals surface area (Å²) in [6.45, 7) is 0.613. The normalized spacial score (nSPS) is 27.1. The first kappa shape index (κ1) is 10.6. The first-order valence-corrected chi connectivity index (χ1v) is 5.47. The highest BCUT2D eigenvalue weighted by Gasteiger charge is 2.25. The number of rotatable bonds is 4. The van der Waals surface area contributed by atoms with Crippen LogP contribution in [0, 0.1) is 0 Å². The number of benzene rings is 1. The minimum absolute atomic E-state index is 0.358. The second-order valence-corrected chi connectivity index (χ2v) is 4.26. The van der Waals surface area contributed by atoms with Gasteiger partial charge in [-0.2, -0.15) is 0 Å². The molecule has 0 aromatic heterocycles. The number of nitrogens with one attached hydrogen (secondary N) is 1. The molecule has 82 valence electrons. The minimum atomic E-state index is -0.414. The van der Waals surface area contributed by atoms with Crippen molar-refractivity contribution in [3.8, 4) is 0 Å². The van der Waals surface area contributed by atoms with E-state index in [1.165, 1.54) is 0 Å². The van der Waals surface area contributed by atoms with Crippen molar-refractivity contribution in [3.63, 3.8) is 0 Å². The van der Waals surface area contributed by atoms with E-state index in [0.29, 0.717) is 18.6 Å². The smallest absolute Gasteiger partial charge is 0.0914 e. The first-order chi connectivity index (χ1) is 7.25. The van der Waals surface area contributed by atoms with Crippen LogP contribution in [0.4, 0.5) is 0 Å². The van der Waals surface area contributed by atoms with E-state index in [9.17, 15) is 5.11 Å². The summed E-state index contributed by atoms with van der Waals surface area (Å²) in [5, 5.41) is 13.2. The molecule has 1 aromatic rings. The highest BCUT2D eigenvalue weighted by atomic mass is 16.3. The molecule has 3 heteroatoms. The molecule has 4 N–H and O–H groups in total. The average Bonchev–Trinajstić information content (AvgIpc) is 2.23. The van der Waals surface area contributed by atoms with E-state index in [2.05, 4.69) is 5.32 Å². The lowest BCUT2D eigenvalue weighted by Gasteiger charge is -2.33. The molecule has 15 heavy (non-hydrogen) atoms. The van der Waals surface area contributed by atoms with Gasteiger partial charge in [0, 0.05) is 18.6 Å². The third kappa shape index (κ3) is 2.78. The van der Waals surface area contributed by atoms with Crippen LogP contribution in [0.3, 0.4) is 0 Å². The number of nitrogens with two attached hydrogens (primary N) is 1. The van der Waals surface area contributed by atoms with Gasteiger partial charge in [-0.15, -0.1) is 0 Å². The summed E-state index contributed by atoms with van der Waals surface area (Å²) < 4.78 is 0. The molecular weight excluding hydrogens is 188 g/mol. The Labute approximate surface area is 90.3 Å². The van der Waals surface area contributed by atoms with Crippen molar-refractivity contribution in [1.29, 1.82) is 0 Å². The summed E-state index contributed by atoms with van der Waals surface area (Å²) in [6, 6.07) is 10.6. The van der Waals surface area contributed by atoms with Crippen LogP contribution in [0.5, 0.6) is 0 Å². The molecule has 1 aliphatic rings. The van der Waals surface area contributed by atoms with E-state index >= 15 is 0 Å². The van der Waals surface area contributed by atoms with Crippen molar-refractivity contribution in [2.24, 2.45) is 5.73 Å². The lowest BCUT2D eigenvalue weighted by Crippen LogP contribution is -2.49. The van der Waals surface area contributed by atoms with Crippen LogP contribution in [0.15, 0.2) is 30.3 Å². The minimum Gasteiger partial charge on any atom is -0.387 e. The maximum Gasteiger partial charge on any atom is 0.0914 e. The zero-order chi connectivity index (χ0) is 10.7. The van der Waals surface area contributed by atoms with E-state index < -0.39 is 6.10 Å². The average molecular weight is 206 g/mol. The Morgan fingerprint density at radius 2 is 2.00 bits per heavy atom. The molecule has 3 nitrogen and oxygen atoms in total. The Hall–Kier alpha value is -0.900. The summed E-state index contributed by atoms with van der Waals surface area (Å²) in [5.74, 6) is 0. The molecule has 0 spiro atoms. The lowest BCUT2D eigenvalue weighted by atomic mass is 9.87. The van der Waals surface area contributed by atoms with Gasteiger partial charge in [-0.1, -0.05) is 30.3 Å². The zero-order valence-corrected chi connectivity index (χ0v) is 8.76. The molecule has 1 aliphatic carbocycles. The monoisotopic (exact) mass is 206 g/mol. The largest absolute Gasteiger partial charge is 0.387 e. The summed E-state index contributed by atoms with van der Waals surface area (Å²) in [6.07, 6.45) is 1.64.